The molecule has 1 aromatic carbocycles. The van der Waals surface area contributed by atoms with Crippen LogP contribution in [-0.2, 0) is 6.42 Å². The van der Waals surface area contributed by atoms with Crippen LogP contribution in [0.5, 0.6) is 5.75 Å². The Morgan fingerprint density at radius 3 is 2.68 bits per heavy atom. The van der Waals surface area contributed by atoms with E-state index in [2.05, 4.69) is 48.0 Å². The third-order valence-corrected chi connectivity index (χ3v) is 3.37. The van der Waals surface area contributed by atoms with Gasteiger partial charge < -0.3 is 17.1 Å². The molecular formula is C16H16ClNO. The van der Waals surface area contributed by atoms with Crippen molar-refractivity contribution in [2.24, 2.45) is 0 Å². The molecule has 3 heteroatoms. The number of aryl methyl sites for hydroxylation is 1. The Balaban J connectivity index is 0.00000133. The first kappa shape index (κ1) is 13.6. The topological polar surface area (TPSA) is 13.3 Å². The number of hydrogen-bond acceptors (Lipinski definition) is 1. The molecule has 0 fully saturated rings. The van der Waals surface area contributed by atoms with E-state index in [1.165, 1.54) is 16.5 Å². The minimum absolute atomic E-state index is 0. The third-order valence-electron chi connectivity index (χ3n) is 3.37. The first-order valence-electron chi connectivity index (χ1n) is 6.22. The van der Waals surface area contributed by atoms with Gasteiger partial charge in [0, 0.05) is 28.5 Å². The van der Waals surface area contributed by atoms with E-state index in [0.29, 0.717) is 0 Å². The van der Waals surface area contributed by atoms with Crippen molar-refractivity contribution in [1.29, 1.82) is 0 Å². The summed E-state index contributed by atoms with van der Waals surface area (Å²) in [5.41, 5.74) is 2.53. The highest BCUT2D eigenvalue weighted by atomic mass is 35.5. The molecule has 0 bridgehead atoms. The van der Waals surface area contributed by atoms with Gasteiger partial charge in [-0.15, -0.1) is 0 Å². The summed E-state index contributed by atoms with van der Waals surface area (Å²) in [6.45, 7) is 2.17. The molecule has 0 saturated heterocycles. The van der Waals surface area contributed by atoms with Crippen LogP contribution in [0.15, 0.2) is 48.8 Å². The minimum Gasteiger partial charge on any atom is -1.00 e. The lowest BCUT2D eigenvalue weighted by molar-refractivity contribution is -0.510. The second-order valence-corrected chi connectivity index (χ2v) is 4.46. The lowest BCUT2D eigenvalue weighted by atomic mass is 10.1. The highest BCUT2D eigenvalue weighted by Crippen LogP contribution is 2.25. The average Bonchev–Trinajstić information content (AvgIpc) is 2.43. The van der Waals surface area contributed by atoms with E-state index in [1.807, 2.05) is 12.1 Å². The van der Waals surface area contributed by atoms with Crippen molar-refractivity contribution in [1.82, 2.24) is 0 Å². The predicted molar refractivity (Wildman–Crippen MR) is 73.0 cm³/mol. The Bertz CT molecular complexity index is 724. The Morgan fingerprint density at radius 2 is 1.95 bits per heavy atom. The van der Waals surface area contributed by atoms with Crippen LogP contribution in [0.25, 0.3) is 16.3 Å². The molecule has 0 aliphatic carbocycles. The van der Waals surface area contributed by atoms with E-state index in [0.717, 1.165) is 17.6 Å². The number of benzene rings is 1. The van der Waals surface area contributed by atoms with Gasteiger partial charge >= 0.3 is 0 Å². The third kappa shape index (κ3) is 2.36. The summed E-state index contributed by atoms with van der Waals surface area (Å²) < 4.78 is 7.59. The zero-order valence-electron chi connectivity index (χ0n) is 11.1. The van der Waals surface area contributed by atoms with Gasteiger partial charge in [-0.25, -0.2) is 0 Å². The van der Waals surface area contributed by atoms with Crippen molar-refractivity contribution in [3.05, 3.63) is 54.4 Å². The number of ether oxygens (including phenoxy) is 1. The standard InChI is InChI=1S/C16H16NO.ClH/c1-3-12-7-8-14-9-15-13(11-17(14)10-12)5-4-6-16(15)18-2;/h4-11H,3H2,1-2H3;1H/q+1;/p-1. The molecule has 19 heavy (non-hydrogen) atoms. The normalized spacial score (nSPS) is 10.4. The van der Waals surface area contributed by atoms with Gasteiger partial charge in [0.05, 0.1) is 7.11 Å². The molecule has 0 unspecified atom stereocenters. The van der Waals surface area contributed by atoms with Gasteiger partial charge in [-0.3, -0.25) is 0 Å². The van der Waals surface area contributed by atoms with E-state index in [9.17, 15) is 0 Å². The Labute approximate surface area is 119 Å². The van der Waals surface area contributed by atoms with Crippen LogP contribution in [0.2, 0.25) is 0 Å². The molecule has 0 aliphatic rings. The molecule has 3 aromatic rings. The molecule has 0 N–H and O–H groups in total. The molecule has 0 radical (unpaired) electrons. The summed E-state index contributed by atoms with van der Waals surface area (Å²) in [5, 5.41) is 2.35. The molecular weight excluding hydrogens is 258 g/mol. The van der Waals surface area contributed by atoms with Crippen LogP contribution >= 0.6 is 0 Å². The number of halogens is 1. The number of aromatic nitrogens is 1. The Morgan fingerprint density at radius 1 is 1.11 bits per heavy atom. The average molecular weight is 274 g/mol. The quantitative estimate of drug-likeness (QED) is 0.479. The molecule has 2 heterocycles. The first-order chi connectivity index (χ1) is 8.81. The fourth-order valence-corrected chi connectivity index (χ4v) is 2.32. The van der Waals surface area contributed by atoms with Gasteiger partial charge in [-0.1, -0.05) is 13.0 Å². The molecule has 3 rings (SSSR count). The first-order valence-corrected chi connectivity index (χ1v) is 6.22. The van der Waals surface area contributed by atoms with E-state index < -0.39 is 0 Å². The summed E-state index contributed by atoms with van der Waals surface area (Å²) in [5.74, 6) is 0.926. The maximum absolute atomic E-state index is 5.41. The summed E-state index contributed by atoms with van der Waals surface area (Å²) in [6, 6.07) is 12.6. The van der Waals surface area contributed by atoms with Crippen LogP contribution in [0.3, 0.4) is 0 Å². The SMILES string of the molecule is CCc1ccc2cc3c(OC)cccc3c[n+]2c1.[Cl-]. The fraction of sp³-hybridized carbons (Fsp3) is 0.188. The van der Waals surface area contributed by atoms with Gasteiger partial charge in [0.25, 0.3) is 0 Å². The van der Waals surface area contributed by atoms with Gasteiger partial charge in [0.1, 0.15) is 5.75 Å². The molecule has 0 aliphatic heterocycles. The smallest absolute Gasteiger partial charge is 0.211 e. The number of fused-ring (bicyclic) bond motifs is 2. The van der Waals surface area contributed by atoms with Crippen molar-refractivity contribution >= 4 is 16.3 Å². The van der Waals surface area contributed by atoms with Crippen molar-refractivity contribution in [2.45, 2.75) is 13.3 Å². The lowest BCUT2D eigenvalue weighted by Gasteiger charge is -2.04. The summed E-state index contributed by atoms with van der Waals surface area (Å²) >= 11 is 0. The zero-order valence-corrected chi connectivity index (χ0v) is 11.8. The molecule has 0 atom stereocenters. The molecule has 2 aromatic heterocycles. The number of methoxy groups -OCH3 is 1. The van der Waals surface area contributed by atoms with Gasteiger partial charge in [-0.2, -0.15) is 4.40 Å². The van der Waals surface area contributed by atoms with Crippen LogP contribution < -0.4 is 21.5 Å². The van der Waals surface area contributed by atoms with Gasteiger partial charge in [-0.05, 0) is 24.6 Å². The number of rotatable bonds is 2. The molecule has 98 valence electrons. The highest BCUT2D eigenvalue weighted by molar-refractivity contribution is 5.89. The number of nitrogens with zero attached hydrogens (tertiary/aromatic N) is 1. The van der Waals surface area contributed by atoms with Crippen molar-refractivity contribution in [3.8, 4) is 5.75 Å². The van der Waals surface area contributed by atoms with Crippen LogP contribution in [0.4, 0.5) is 0 Å². The fourth-order valence-electron chi connectivity index (χ4n) is 2.32. The second-order valence-electron chi connectivity index (χ2n) is 4.46. The van der Waals surface area contributed by atoms with E-state index in [1.54, 1.807) is 7.11 Å². The number of pyridine rings is 2. The Kier molecular flexibility index (Phi) is 3.91. The zero-order chi connectivity index (χ0) is 12.5. The molecule has 0 saturated carbocycles. The molecule has 2 nitrogen and oxygen atoms in total. The van der Waals surface area contributed by atoms with Gasteiger partial charge in [0.2, 0.25) is 5.52 Å². The minimum atomic E-state index is 0. The van der Waals surface area contributed by atoms with E-state index in [-0.39, 0.29) is 12.4 Å². The van der Waals surface area contributed by atoms with Crippen molar-refractivity contribution < 1.29 is 21.5 Å². The Hall–Kier alpha value is -1.80. The maximum Gasteiger partial charge on any atom is 0.211 e. The van der Waals surface area contributed by atoms with E-state index in [4.69, 9.17) is 4.74 Å². The predicted octanol–water partition coefficient (Wildman–Crippen LogP) is 0.153. The highest BCUT2D eigenvalue weighted by Gasteiger charge is 2.09. The summed E-state index contributed by atoms with van der Waals surface area (Å²) in [7, 11) is 1.71. The van der Waals surface area contributed by atoms with Gasteiger partial charge in [0.15, 0.2) is 12.4 Å². The largest absolute Gasteiger partial charge is 1.00 e. The molecule has 0 amide bonds. The molecule has 0 spiro atoms. The van der Waals surface area contributed by atoms with Crippen molar-refractivity contribution in [2.75, 3.05) is 7.11 Å². The summed E-state index contributed by atoms with van der Waals surface area (Å²) in [6.07, 6.45) is 5.40. The maximum atomic E-state index is 5.41. The monoisotopic (exact) mass is 273 g/mol. The number of hydrogen-bond donors (Lipinski definition) is 0. The summed E-state index contributed by atoms with van der Waals surface area (Å²) in [4.78, 5) is 0. The van der Waals surface area contributed by atoms with Crippen LogP contribution in [-0.4, -0.2) is 7.11 Å². The van der Waals surface area contributed by atoms with Crippen molar-refractivity contribution in [3.63, 3.8) is 0 Å². The van der Waals surface area contributed by atoms with Crippen LogP contribution in [0, 0.1) is 0 Å². The van der Waals surface area contributed by atoms with E-state index >= 15 is 0 Å². The van der Waals surface area contributed by atoms with Crippen LogP contribution in [0.1, 0.15) is 12.5 Å². The second kappa shape index (κ2) is 5.45. The lowest BCUT2D eigenvalue weighted by Crippen LogP contribution is -3.00.